The Kier molecular flexibility index (Phi) is 4.73. The molecule has 1 atom stereocenters. The summed E-state index contributed by atoms with van der Waals surface area (Å²) >= 11 is 0. The lowest BCUT2D eigenvalue weighted by Crippen LogP contribution is -2.41. The van der Waals surface area contributed by atoms with Crippen molar-refractivity contribution in [1.29, 1.82) is 0 Å². The molecule has 1 rings (SSSR count). The van der Waals surface area contributed by atoms with E-state index >= 15 is 0 Å². The monoisotopic (exact) mass is 250 g/mol. The van der Waals surface area contributed by atoms with Gasteiger partial charge in [0.2, 0.25) is 5.91 Å². The smallest absolute Gasteiger partial charge is 0.230 e. The molecule has 0 fully saturated rings. The van der Waals surface area contributed by atoms with E-state index < -0.39 is 11.5 Å². The van der Waals surface area contributed by atoms with Crippen molar-refractivity contribution in [1.82, 2.24) is 5.32 Å². The highest BCUT2D eigenvalue weighted by molar-refractivity contribution is 5.87. The third-order valence-electron chi connectivity index (χ3n) is 3.05. The number of nitrogens with two attached hydrogens (primary N) is 1. The number of nitrogens with one attached hydrogen (secondary N) is 1. The number of aliphatic hydroxyl groups is 1. The van der Waals surface area contributed by atoms with Crippen LogP contribution in [-0.4, -0.2) is 23.7 Å². The topological polar surface area (TPSA) is 75.3 Å². The Morgan fingerprint density at radius 3 is 2.44 bits per heavy atom. The molecule has 4 heteroatoms. The molecule has 0 spiro atoms. The van der Waals surface area contributed by atoms with E-state index in [4.69, 9.17) is 10.8 Å². The van der Waals surface area contributed by atoms with Crippen molar-refractivity contribution >= 4 is 11.6 Å². The highest BCUT2D eigenvalue weighted by atomic mass is 16.3. The van der Waals surface area contributed by atoms with Crippen LogP contribution in [-0.2, 0) is 10.2 Å². The van der Waals surface area contributed by atoms with Gasteiger partial charge in [0.05, 0.1) is 11.5 Å². The summed E-state index contributed by atoms with van der Waals surface area (Å²) in [6, 6.07) is 7.31. The molecule has 1 unspecified atom stereocenters. The van der Waals surface area contributed by atoms with Crippen LogP contribution in [0.4, 0.5) is 5.69 Å². The van der Waals surface area contributed by atoms with Gasteiger partial charge in [0.15, 0.2) is 0 Å². The highest BCUT2D eigenvalue weighted by Gasteiger charge is 2.29. The average Bonchev–Trinajstić information content (AvgIpc) is 2.28. The highest BCUT2D eigenvalue weighted by Crippen LogP contribution is 2.24. The Morgan fingerprint density at radius 1 is 1.39 bits per heavy atom. The summed E-state index contributed by atoms with van der Waals surface area (Å²) in [5.74, 6) is -0.0482. The zero-order valence-electron chi connectivity index (χ0n) is 11.2. The van der Waals surface area contributed by atoms with Crippen molar-refractivity contribution < 1.29 is 9.90 Å². The van der Waals surface area contributed by atoms with Gasteiger partial charge in [-0.2, -0.15) is 0 Å². The molecule has 100 valence electrons. The molecule has 0 aliphatic rings. The van der Waals surface area contributed by atoms with Gasteiger partial charge in [-0.15, -0.1) is 0 Å². The zero-order chi connectivity index (χ0) is 13.8. The van der Waals surface area contributed by atoms with Crippen molar-refractivity contribution in [3.63, 3.8) is 0 Å². The van der Waals surface area contributed by atoms with Crippen LogP contribution in [0.15, 0.2) is 24.3 Å². The maximum absolute atomic E-state index is 12.1. The van der Waals surface area contributed by atoms with E-state index in [0.717, 1.165) is 5.56 Å². The molecular formula is C14H22N2O2. The number of rotatable bonds is 5. The lowest BCUT2D eigenvalue weighted by molar-refractivity contribution is -0.125. The molecule has 1 amide bonds. The molecule has 0 aliphatic heterocycles. The Hall–Kier alpha value is -1.55. The Bertz CT molecular complexity index is 397. The number of anilines is 1. The van der Waals surface area contributed by atoms with Crippen LogP contribution in [0, 0.1) is 0 Å². The molecule has 1 aromatic carbocycles. The Labute approximate surface area is 108 Å². The third kappa shape index (κ3) is 3.74. The van der Waals surface area contributed by atoms with E-state index in [2.05, 4.69) is 5.32 Å². The molecule has 4 nitrogen and oxygen atoms in total. The number of nitrogen functional groups attached to an aromatic ring is 1. The largest absolute Gasteiger partial charge is 0.399 e. The Morgan fingerprint density at radius 2 is 1.94 bits per heavy atom. The van der Waals surface area contributed by atoms with Crippen LogP contribution in [0.25, 0.3) is 0 Å². The maximum atomic E-state index is 12.1. The first-order valence-corrected chi connectivity index (χ1v) is 6.16. The molecule has 0 aromatic heterocycles. The number of carbonyl (C=O) groups is 1. The normalized spacial score (nSPS) is 13.1. The quantitative estimate of drug-likeness (QED) is 0.692. The van der Waals surface area contributed by atoms with Crippen molar-refractivity contribution in [2.75, 3.05) is 12.3 Å². The van der Waals surface area contributed by atoms with Gasteiger partial charge < -0.3 is 16.2 Å². The SMILES string of the molecule is CC(O)CCNC(=O)C(C)(C)c1ccc(N)cc1. The molecule has 4 N–H and O–H groups in total. The van der Waals surface area contributed by atoms with Gasteiger partial charge in [-0.25, -0.2) is 0 Å². The van der Waals surface area contributed by atoms with Gasteiger partial charge in [-0.1, -0.05) is 12.1 Å². The molecule has 0 aliphatic carbocycles. The molecule has 18 heavy (non-hydrogen) atoms. The molecule has 0 saturated carbocycles. The predicted molar refractivity (Wildman–Crippen MR) is 73.2 cm³/mol. The number of amides is 1. The van der Waals surface area contributed by atoms with Crippen molar-refractivity contribution in [3.8, 4) is 0 Å². The van der Waals surface area contributed by atoms with Crippen LogP contribution >= 0.6 is 0 Å². The van der Waals surface area contributed by atoms with Crippen molar-refractivity contribution in [2.45, 2.75) is 38.7 Å². The van der Waals surface area contributed by atoms with Crippen LogP contribution in [0.3, 0.4) is 0 Å². The number of hydrogen-bond donors (Lipinski definition) is 3. The summed E-state index contributed by atoms with van der Waals surface area (Å²) in [6.07, 6.45) is 0.161. The number of carbonyl (C=O) groups excluding carboxylic acids is 1. The summed E-state index contributed by atoms with van der Waals surface area (Å²) in [6.45, 7) is 5.93. The summed E-state index contributed by atoms with van der Waals surface area (Å²) in [5, 5.41) is 12.0. The minimum absolute atomic E-state index is 0.0482. The number of hydrogen-bond acceptors (Lipinski definition) is 3. The summed E-state index contributed by atoms with van der Waals surface area (Å²) in [5.41, 5.74) is 6.63. The van der Waals surface area contributed by atoms with E-state index in [1.807, 2.05) is 26.0 Å². The summed E-state index contributed by atoms with van der Waals surface area (Å²) in [7, 11) is 0. The first kappa shape index (κ1) is 14.5. The molecule has 0 bridgehead atoms. The standard InChI is InChI=1S/C14H22N2O2/c1-10(17)8-9-16-13(18)14(2,3)11-4-6-12(15)7-5-11/h4-7,10,17H,8-9,15H2,1-3H3,(H,16,18). The van der Waals surface area contributed by atoms with E-state index in [0.29, 0.717) is 18.7 Å². The second kappa shape index (κ2) is 5.87. The predicted octanol–water partition coefficient (Wildman–Crippen LogP) is 1.43. The summed E-state index contributed by atoms with van der Waals surface area (Å²) < 4.78 is 0. The third-order valence-corrected chi connectivity index (χ3v) is 3.05. The zero-order valence-corrected chi connectivity index (χ0v) is 11.2. The minimum atomic E-state index is -0.605. The van der Waals surface area contributed by atoms with Crippen LogP contribution < -0.4 is 11.1 Å². The van der Waals surface area contributed by atoms with Gasteiger partial charge in [0.25, 0.3) is 0 Å². The molecule has 0 saturated heterocycles. The number of aliphatic hydroxyl groups excluding tert-OH is 1. The minimum Gasteiger partial charge on any atom is -0.399 e. The van der Waals surface area contributed by atoms with E-state index in [1.165, 1.54) is 0 Å². The number of benzene rings is 1. The van der Waals surface area contributed by atoms with E-state index in [1.54, 1.807) is 19.1 Å². The fourth-order valence-corrected chi connectivity index (χ4v) is 1.65. The van der Waals surface area contributed by atoms with Crippen molar-refractivity contribution in [2.24, 2.45) is 0 Å². The van der Waals surface area contributed by atoms with Gasteiger partial charge >= 0.3 is 0 Å². The van der Waals surface area contributed by atoms with E-state index in [-0.39, 0.29) is 5.91 Å². The van der Waals surface area contributed by atoms with Crippen LogP contribution in [0.5, 0.6) is 0 Å². The van der Waals surface area contributed by atoms with Gasteiger partial charge in [0.1, 0.15) is 0 Å². The van der Waals surface area contributed by atoms with E-state index in [9.17, 15) is 4.79 Å². The van der Waals surface area contributed by atoms with Crippen molar-refractivity contribution in [3.05, 3.63) is 29.8 Å². The fraction of sp³-hybridized carbons (Fsp3) is 0.500. The summed E-state index contributed by atoms with van der Waals surface area (Å²) in [4.78, 5) is 12.1. The average molecular weight is 250 g/mol. The Balaban J connectivity index is 2.67. The lowest BCUT2D eigenvalue weighted by Gasteiger charge is -2.24. The first-order valence-electron chi connectivity index (χ1n) is 6.16. The molecular weight excluding hydrogens is 228 g/mol. The van der Waals surface area contributed by atoms with Crippen LogP contribution in [0.2, 0.25) is 0 Å². The second-order valence-corrected chi connectivity index (χ2v) is 5.14. The maximum Gasteiger partial charge on any atom is 0.230 e. The van der Waals surface area contributed by atoms with Crippen LogP contribution in [0.1, 0.15) is 32.8 Å². The first-order chi connectivity index (χ1) is 8.34. The fourth-order valence-electron chi connectivity index (χ4n) is 1.65. The van der Waals surface area contributed by atoms with Gasteiger partial charge in [-0.3, -0.25) is 4.79 Å². The molecule has 0 heterocycles. The second-order valence-electron chi connectivity index (χ2n) is 5.14. The molecule has 0 radical (unpaired) electrons. The van der Waals surface area contributed by atoms with Gasteiger partial charge in [0, 0.05) is 12.2 Å². The molecule has 1 aromatic rings. The van der Waals surface area contributed by atoms with Gasteiger partial charge in [-0.05, 0) is 44.9 Å². The lowest BCUT2D eigenvalue weighted by atomic mass is 9.83.